The number of hydrogen-bond donors (Lipinski definition) is 1. The maximum Gasteiger partial charge on any atom is 0.325 e. The summed E-state index contributed by atoms with van der Waals surface area (Å²) in [5.41, 5.74) is 1.89. The number of aromatic nitrogens is 1. The minimum Gasteiger partial charge on any atom is -0.340 e. The first-order valence-corrected chi connectivity index (χ1v) is 12.2. The van der Waals surface area contributed by atoms with Gasteiger partial charge in [-0.05, 0) is 48.9 Å². The van der Waals surface area contributed by atoms with E-state index in [0.29, 0.717) is 19.5 Å². The van der Waals surface area contributed by atoms with Crippen LogP contribution in [0.5, 0.6) is 0 Å². The maximum absolute atomic E-state index is 13.4. The first-order chi connectivity index (χ1) is 16.0. The van der Waals surface area contributed by atoms with E-state index in [0.717, 1.165) is 50.5 Å². The molecular formula is C25H24N4O3S. The molecule has 2 atom stereocenters. The number of thiazole rings is 1. The van der Waals surface area contributed by atoms with Crippen LogP contribution in [-0.2, 0) is 21.5 Å². The predicted molar refractivity (Wildman–Crippen MR) is 125 cm³/mol. The van der Waals surface area contributed by atoms with E-state index >= 15 is 0 Å². The number of para-hydroxylation sites is 1. The lowest BCUT2D eigenvalue weighted by molar-refractivity contribution is -0.139. The summed E-state index contributed by atoms with van der Waals surface area (Å²) in [6.07, 6.45) is 3.13. The summed E-state index contributed by atoms with van der Waals surface area (Å²) < 4.78 is 1.15. The molecule has 1 aliphatic carbocycles. The van der Waals surface area contributed by atoms with Crippen molar-refractivity contribution in [1.29, 1.82) is 0 Å². The second kappa shape index (κ2) is 7.66. The highest BCUT2D eigenvalue weighted by atomic mass is 32.1. The molecule has 0 bridgehead atoms. The number of urea groups is 1. The third-order valence-electron chi connectivity index (χ3n) is 7.15. The number of carbonyl (C=O) groups excluding carboxylic acids is 3. The van der Waals surface area contributed by atoms with Crippen molar-refractivity contribution in [2.75, 3.05) is 19.6 Å². The number of hydrogen-bond acceptors (Lipinski definition) is 5. The summed E-state index contributed by atoms with van der Waals surface area (Å²) in [5.74, 6) is -0.325. The van der Waals surface area contributed by atoms with E-state index in [-0.39, 0.29) is 24.3 Å². The minimum absolute atomic E-state index is 0.177. The van der Waals surface area contributed by atoms with Crippen LogP contribution < -0.4 is 5.32 Å². The van der Waals surface area contributed by atoms with E-state index < -0.39 is 11.6 Å². The highest BCUT2D eigenvalue weighted by Crippen LogP contribution is 2.41. The minimum atomic E-state index is -1.03. The second-order valence-electron chi connectivity index (χ2n) is 9.08. The summed E-state index contributed by atoms with van der Waals surface area (Å²) in [6, 6.07) is 15.3. The van der Waals surface area contributed by atoms with E-state index in [4.69, 9.17) is 4.98 Å². The molecular weight excluding hydrogens is 436 g/mol. The van der Waals surface area contributed by atoms with Crippen molar-refractivity contribution in [2.24, 2.45) is 0 Å². The number of fused-ring (bicyclic) bond motifs is 3. The van der Waals surface area contributed by atoms with Crippen molar-refractivity contribution in [3.05, 3.63) is 64.7 Å². The molecule has 2 aromatic carbocycles. The molecule has 0 radical (unpaired) electrons. The van der Waals surface area contributed by atoms with Gasteiger partial charge < -0.3 is 10.2 Å². The number of likely N-dealkylation sites (tertiary alicyclic amines) is 1. The molecule has 3 aliphatic rings. The predicted octanol–water partition coefficient (Wildman–Crippen LogP) is 3.40. The van der Waals surface area contributed by atoms with E-state index in [2.05, 4.69) is 11.4 Å². The lowest BCUT2D eigenvalue weighted by atomic mass is 9.92. The van der Waals surface area contributed by atoms with Gasteiger partial charge in [-0.15, -0.1) is 11.3 Å². The van der Waals surface area contributed by atoms with Crippen molar-refractivity contribution < 1.29 is 14.4 Å². The molecule has 1 spiro atoms. The van der Waals surface area contributed by atoms with Crippen molar-refractivity contribution in [3.63, 3.8) is 0 Å². The molecule has 1 aromatic heterocycles. The van der Waals surface area contributed by atoms with Gasteiger partial charge in [0.25, 0.3) is 5.91 Å². The monoisotopic (exact) mass is 460 g/mol. The Kier molecular flexibility index (Phi) is 4.72. The Morgan fingerprint density at radius 3 is 2.85 bits per heavy atom. The van der Waals surface area contributed by atoms with Crippen LogP contribution in [0.1, 0.15) is 41.3 Å². The van der Waals surface area contributed by atoms with Crippen LogP contribution in [0.3, 0.4) is 0 Å². The second-order valence-corrected chi connectivity index (χ2v) is 10.1. The van der Waals surface area contributed by atoms with Gasteiger partial charge in [-0.3, -0.25) is 14.5 Å². The molecule has 33 heavy (non-hydrogen) atoms. The standard InChI is InChI=1S/C25H24N4O3S/c30-21(28-13-5-7-17(14-28)22-26-19-9-3-4-10-20(19)33-22)15-29-23(31)25(27-24(29)32)12-11-16-6-1-2-8-18(16)25/h1-4,6,8-10,17H,5,7,11-15H2,(H,27,32)/t17-,25+/m1/s1. The van der Waals surface area contributed by atoms with Crippen molar-refractivity contribution in [3.8, 4) is 0 Å². The highest BCUT2D eigenvalue weighted by Gasteiger charge is 2.55. The first-order valence-electron chi connectivity index (χ1n) is 11.4. The summed E-state index contributed by atoms with van der Waals surface area (Å²) >= 11 is 1.68. The average molecular weight is 461 g/mol. The molecule has 4 amide bonds. The maximum atomic E-state index is 13.4. The van der Waals surface area contributed by atoms with E-state index in [9.17, 15) is 14.4 Å². The molecule has 3 aromatic rings. The van der Waals surface area contributed by atoms with Crippen LogP contribution in [0.15, 0.2) is 48.5 Å². The van der Waals surface area contributed by atoms with Gasteiger partial charge in [0.15, 0.2) is 0 Å². The summed E-state index contributed by atoms with van der Waals surface area (Å²) in [4.78, 5) is 47.0. The Morgan fingerprint density at radius 2 is 1.97 bits per heavy atom. The van der Waals surface area contributed by atoms with Crippen LogP contribution in [0.4, 0.5) is 4.79 Å². The Hall–Kier alpha value is -3.26. The number of rotatable bonds is 3. The van der Waals surface area contributed by atoms with Crippen molar-refractivity contribution in [1.82, 2.24) is 20.1 Å². The van der Waals surface area contributed by atoms with E-state index in [1.807, 2.05) is 42.5 Å². The first kappa shape index (κ1) is 20.4. The molecule has 7 nitrogen and oxygen atoms in total. The molecule has 0 saturated carbocycles. The van der Waals surface area contributed by atoms with Gasteiger partial charge in [-0.2, -0.15) is 0 Å². The quantitative estimate of drug-likeness (QED) is 0.608. The van der Waals surface area contributed by atoms with Crippen molar-refractivity contribution >= 4 is 39.4 Å². The zero-order valence-electron chi connectivity index (χ0n) is 18.1. The Bertz CT molecular complexity index is 1250. The Labute approximate surface area is 195 Å². The number of benzene rings is 2. The fourth-order valence-electron chi connectivity index (χ4n) is 5.44. The lowest BCUT2D eigenvalue weighted by Gasteiger charge is -2.32. The third kappa shape index (κ3) is 3.23. The molecule has 2 saturated heterocycles. The van der Waals surface area contributed by atoms with Gasteiger partial charge in [0.05, 0.1) is 15.2 Å². The number of piperidine rings is 1. The SMILES string of the molecule is O=C(CN1C(=O)N[C@]2(CCc3ccccc32)C1=O)N1CCC[C@@H](c2nc3ccccc3s2)C1. The molecule has 2 fully saturated rings. The summed E-state index contributed by atoms with van der Waals surface area (Å²) in [6.45, 7) is 0.981. The van der Waals surface area contributed by atoms with Gasteiger partial charge in [0.1, 0.15) is 12.1 Å². The molecule has 1 N–H and O–H groups in total. The van der Waals surface area contributed by atoms with Crippen LogP contribution in [-0.4, -0.2) is 52.3 Å². The van der Waals surface area contributed by atoms with Crippen LogP contribution in [0.2, 0.25) is 0 Å². The van der Waals surface area contributed by atoms with Gasteiger partial charge in [0.2, 0.25) is 5.91 Å². The van der Waals surface area contributed by atoms with Crippen LogP contribution in [0.25, 0.3) is 10.2 Å². The number of aryl methyl sites for hydroxylation is 1. The number of nitrogens with one attached hydrogen (secondary N) is 1. The summed E-state index contributed by atoms with van der Waals surface area (Å²) in [7, 11) is 0. The average Bonchev–Trinajstić information content (AvgIpc) is 3.50. The zero-order valence-corrected chi connectivity index (χ0v) is 18.9. The Morgan fingerprint density at radius 1 is 1.15 bits per heavy atom. The van der Waals surface area contributed by atoms with Crippen molar-refractivity contribution in [2.45, 2.75) is 37.1 Å². The molecule has 6 rings (SSSR count). The topological polar surface area (TPSA) is 82.6 Å². The van der Waals surface area contributed by atoms with E-state index in [1.54, 1.807) is 16.2 Å². The molecule has 168 valence electrons. The van der Waals surface area contributed by atoms with Crippen LogP contribution >= 0.6 is 11.3 Å². The molecule has 3 heterocycles. The van der Waals surface area contributed by atoms with Crippen LogP contribution in [0, 0.1) is 0 Å². The molecule has 8 heteroatoms. The molecule has 0 unspecified atom stereocenters. The number of amides is 4. The van der Waals surface area contributed by atoms with E-state index in [1.165, 1.54) is 0 Å². The summed E-state index contributed by atoms with van der Waals surface area (Å²) in [5, 5.41) is 3.95. The zero-order chi connectivity index (χ0) is 22.6. The normalized spacial score (nSPS) is 24.5. The highest BCUT2D eigenvalue weighted by molar-refractivity contribution is 7.18. The number of nitrogens with zero attached hydrogens (tertiary/aromatic N) is 3. The van der Waals surface area contributed by atoms with Gasteiger partial charge in [-0.1, -0.05) is 36.4 Å². The fraction of sp³-hybridized carbons (Fsp3) is 0.360. The largest absolute Gasteiger partial charge is 0.340 e. The Balaban J connectivity index is 1.18. The van der Waals surface area contributed by atoms with Gasteiger partial charge in [0, 0.05) is 19.0 Å². The number of carbonyl (C=O) groups is 3. The smallest absolute Gasteiger partial charge is 0.325 e. The molecule has 2 aliphatic heterocycles. The van der Waals surface area contributed by atoms with Gasteiger partial charge in [-0.25, -0.2) is 9.78 Å². The third-order valence-corrected chi connectivity index (χ3v) is 8.35. The van der Waals surface area contributed by atoms with Gasteiger partial charge >= 0.3 is 6.03 Å². The number of imide groups is 1. The fourth-order valence-corrected chi connectivity index (χ4v) is 6.53. The lowest BCUT2D eigenvalue weighted by Crippen LogP contribution is -2.47.